The third-order valence-electron chi connectivity index (χ3n) is 2.47. The Morgan fingerprint density at radius 1 is 1.26 bits per heavy atom. The fourth-order valence-corrected chi connectivity index (χ4v) is 2.33. The average Bonchev–Trinajstić information content (AvgIpc) is 2.33. The topological polar surface area (TPSA) is 70.7 Å². The van der Waals surface area contributed by atoms with Gasteiger partial charge in [-0.3, -0.25) is 0 Å². The molecule has 0 aromatic rings. The highest BCUT2D eigenvalue weighted by Crippen LogP contribution is 1.96. The summed E-state index contributed by atoms with van der Waals surface area (Å²) in [4.78, 5) is 0. The summed E-state index contributed by atoms with van der Waals surface area (Å²) in [5, 5.41) is 3.16. The maximum atomic E-state index is 11.8. The van der Waals surface area contributed by atoms with Crippen LogP contribution < -0.4 is 10.0 Å². The molecule has 0 unspecified atom stereocenters. The summed E-state index contributed by atoms with van der Waals surface area (Å²) in [6.45, 7) is 9.75. The van der Waals surface area contributed by atoms with Gasteiger partial charge in [-0.2, -0.15) is 17.4 Å². The van der Waals surface area contributed by atoms with Crippen LogP contribution in [0.2, 0.25) is 0 Å². The lowest BCUT2D eigenvalue weighted by molar-refractivity contribution is 0.114. The zero-order chi connectivity index (χ0) is 14.7. The van der Waals surface area contributed by atoms with Gasteiger partial charge in [-0.15, -0.1) is 0 Å². The number of nitrogens with zero attached hydrogens (tertiary/aromatic N) is 1. The van der Waals surface area contributed by atoms with Crippen LogP contribution in [-0.4, -0.2) is 59.2 Å². The van der Waals surface area contributed by atoms with Gasteiger partial charge in [0.25, 0.3) is 10.2 Å². The monoisotopic (exact) mass is 295 g/mol. The molecule has 0 heterocycles. The Morgan fingerprint density at radius 2 is 1.95 bits per heavy atom. The molecule has 0 aliphatic carbocycles. The molecule has 0 saturated carbocycles. The van der Waals surface area contributed by atoms with Crippen molar-refractivity contribution < 1.29 is 13.2 Å². The summed E-state index contributed by atoms with van der Waals surface area (Å²) < 4.78 is 32.9. The molecule has 0 amide bonds. The Hall–Kier alpha value is -0.210. The van der Waals surface area contributed by atoms with E-state index in [1.54, 1.807) is 7.05 Å². The van der Waals surface area contributed by atoms with Gasteiger partial charge in [0, 0.05) is 26.7 Å². The van der Waals surface area contributed by atoms with E-state index in [2.05, 4.69) is 23.9 Å². The van der Waals surface area contributed by atoms with E-state index < -0.39 is 10.2 Å². The fraction of sp³-hybridized carbons (Fsp3) is 1.00. The molecular weight excluding hydrogens is 266 g/mol. The fourth-order valence-electron chi connectivity index (χ4n) is 1.40. The highest BCUT2D eigenvalue weighted by Gasteiger charge is 2.15. The summed E-state index contributed by atoms with van der Waals surface area (Å²) in [6.07, 6.45) is 0.801. The van der Waals surface area contributed by atoms with Crippen molar-refractivity contribution in [3.8, 4) is 0 Å². The number of rotatable bonds is 12. The minimum absolute atomic E-state index is 0.312. The van der Waals surface area contributed by atoms with Crippen LogP contribution in [0.4, 0.5) is 0 Å². The maximum Gasteiger partial charge on any atom is 0.279 e. The van der Waals surface area contributed by atoms with Crippen molar-refractivity contribution in [1.82, 2.24) is 14.3 Å². The molecule has 0 aliphatic rings. The minimum atomic E-state index is -3.37. The minimum Gasteiger partial charge on any atom is -0.380 e. The molecule has 6 nitrogen and oxygen atoms in total. The number of hydrogen-bond acceptors (Lipinski definition) is 4. The van der Waals surface area contributed by atoms with Crippen LogP contribution >= 0.6 is 0 Å². The lowest BCUT2D eigenvalue weighted by atomic mass is 10.2. The van der Waals surface area contributed by atoms with Crippen molar-refractivity contribution in [2.45, 2.75) is 27.2 Å². The van der Waals surface area contributed by atoms with Gasteiger partial charge in [0.1, 0.15) is 0 Å². The Balaban J connectivity index is 3.77. The Bertz CT molecular complexity index is 307. The molecule has 116 valence electrons. The van der Waals surface area contributed by atoms with E-state index in [4.69, 9.17) is 4.74 Å². The second kappa shape index (κ2) is 10.6. The molecule has 0 saturated heterocycles. The van der Waals surface area contributed by atoms with Crippen LogP contribution in [0.1, 0.15) is 27.2 Å². The number of ether oxygens (including phenoxy) is 1. The van der Waals surface area contributed by atoms with Gasteiger partial charge < -0.3 is 10.1 Å². The van der Waals surface area contributed by atoms with E-state index >= 15 is 0 Å². The standard InChI is InChI=1S/C12H29N3O3S/c1-5-13-7-6-9-15(4)19(16,17)14-8-10-18-11-12(2)3/h12-14H,5-11H2,1-4H3. The van der Waals surface area contributed by atoms with Crippen molar-refractivity contribution in [2.75, 3.05) is 46.4 Å². The number of nitrogens with one attached hydrogen (secondary N) is 2. The SMILES string of the molecule is CCNCCCN(C)S(=O)(=O)NCCOCC(C)C. The molecule has 7 heteroatoms. The van der Waals surface area contributed by atoms with Crippen LogP contribution in [0.5, 0.6) is 0 Å². The zero-order valence-corrected chi connectivity index (χ0v) is 13.4. The van der Waals surface area contributed by atoms with E-state index in [0.717, 1.165) is 19.5 Å². The third-order valence-corrected chi connectivity index (χ3v) is 4.04. The first-order valence-electron chi connectivity index (χ1n) is 6.89. The molecule has 0 aromatic heterocycles. The number of hydrogen-bond donors (Lipinski definition) is 2. The normalized spacial score (nSPS) is 12.5. The van der Waals surface area contributed by atoms with Gasteiger partial charge >= 0.3 is 0 Å². The van der Waals surface area contributed by atoms with Gasteiger partial charge in [-0.05, 0) is 25.4 Å². The second-order valence-corrected chi connectivity index (χ2v) is 6.76. The quantitative estimate of drug-likeness (QED) is 0.512. The lowest BCUT2D eigenvalue weighted by Gasteiger charge is -2.17. The van der Waals surface area contributed by atoms with Crippen molar-refractivity contribution in [1.29, 1.82) is 0 Å². The first-order valence-corrected chi connectivity index (χ1v) is 8.33. The van der Waals surface area contributed by atoms with Crippen molar-refractivity contribution >= 4 is 10.2 Å². The molecule has 0 aromatic carbocycles. The first-order chi connectivity index (χ1) is 8.90. The first kappa shape index (κ1) is 18.8. The van der Waals surface area contributed by atoms with Gasteiger partial charge in [0.15, 0.2) is 0 Å². The van der Waals surface area contributed by atoms with Crippen LogP contribution in [0.15, 0.2) is 0 Å². The molecule has 0 bridgehead atoms. The van der Waals surface area contributed by atoms with E-state index in [1.807, 2.05) is 6.92 Å². The molecule has 19 heavy (non-hydrogen) atoms. The summed E-state index contributed by atoms with van der Waals surface area (Å²) in [6, 6.07) is 0. The molecule has 0 rings (SSSR count). The molecule has 0 fully saturated rings. The molecule has 0 atom stereocenters. The van der Waals surface area contributed by atoms with Crippen molar-refractivity contribution in [3.63, 3.8) is 0 Å². The van der Waals surface area contributed by atoms with E-state index in [-0.39, 0.29) is 0 Å². The summed E-state index contributed by atoms with van der Waals surface area (Å²) in [5.41, 5.74) is 0. The molecule has 2 N–H and O–H groups in total. The zero-order valence-electron chi connectivity index (χ0n) is 12.6. The average molecular weight is 295 g/mol. The van der Waals surface area contributed by atoms with Crippen LogP contribution in [-0.2, 0) is 14.9 Å². The highest BCUT2D eigenvalue weighted by molar-refractivity contribution is 7.87. The van der Waals surface area contributed by atoms with Crippen molar-refractivity contribution in [2.24, 2.45) is 5.92 Å². The Morgan fingerprint density at radius 3 is 2.53 bits per heavy atom. The summed E-state index contributed by atoms with van der Waals surface area (Å²) in [7, 11) is -1.79. The Labute approximate surface area is 118 Å². The largest absolute Gasteiger partial charge is 0.380 e. The highest BCUT2D eigenvalue weighted by atomic mass is 32.2. The second-order valence-electron chi connectivity index (χ2n) is 4.90. The van der Waals surface area contributed by atoms with Gasteiger partial charge in [0.05, 0.1) is 6.61 Å². The maximum absolute atomic E-state index is 11.8. The lowest BCUT2D eigenvalue weighted by Crippen LogP contribution is -2.40. The third kappa shape index (κ3) is 10.3. The van der Waals surface area contributed by atoms with Gasteiger partial charge in [-0.25, -0.2) is 0 Å². The molecule has 0 radical (unpaired) electrons. The molecule has 0 aliphatic heterocycles. The van der Waals surface area contributed by atoms with E-state index in [1.165, 1.54) is 4.31 Å². The van der Waals surface area contributed by atoms with Crippen LogP contribution in [0.3, 0.4) is 0 Å². The van der Waals surface area contributed by atoms with E-state index in [0.29, 0.717) is 32.2 Å². The predicted octanol–water partition coefficient (Wildman–Crippen LogP) is 0.425. The van der Waals surface area contributed by atoms with Gasteiger partial charge in [0.2, 0.25) is 0 Å². The van der Waals surface area contributed by atoms with Crippen LogP contribution in [0.25, 0.3) is 0 Å². The Kier molecular flexibility index (Phi) is 10.4. The smallest absolute Gasteiger partial charge is 0.279 e. The van der Waals surface area contributed by atoms with Gasteiger partial charge in [-0.1, -0.05) is 20.8 Å². The summed E-state index contributed by atoms with van der Waals surface area (Å²) in [5.74, 6) is 0.463. The predicted molar refractivity (Wildman–Crippen MR) is 78.4 cm³/mol. The summed E-state index contributed by atoms with van der Waals surface area (Å²) >= 11 is 0. The van der Waals surface area contributed by atoms with Crippen molar-refractivity contribution in [3.05, 3.63) is 0 Å². The molecular formula is C12H29N3O3S. The van der Waals surface area contributed by atoms with Crippen LogP contribution in [0, 0.1) is 5.92 Å². The molecule has 0 spiro atoms. The van der Waals surface area contributed by atoms with E-state index in [9.17, 15) is 8.42 Å².